The molecule has 84 valence electrons. The van der Waals surface area contributed by atoms with E-state index in [1.165, 1.54) is 11.2 Å². The van der Waals surface area contributed by atoms with Crippen LogP contribution in [0, 0.1) is 0 Å². The molecule has 4 nitrogen and oxygen atoms in total. The molecule has 0 aliphatic carbocycles. The van der Waals surface area contributed by atoms with Crippen molar-refractivity contribution >= 4 is 41.3 Å². The molecule has 0 saturated heterocycles. The summed E-state index contributed by atoms with van der Waals surface area (Å²) in [6.07, 6.45) is 1.52. The predicted octanol–water partition coefficient (Wildman–Crippen LogP) is 2.87. The smallest absolute Gasteiger partial charge is 0.307 e. The maximum absolute atomic E-state index is 11.7. The third-order valence-corrected chi connectivity index (χ3v) is 2.86. The highest BCUT2D eigenvalue weighted by Gasteiger charge is 2.14. The number of urea groups is 1. The fourth-order valence-electron chi connectivity index (χ4n) is 1.30. The number of anilines is 1. The molecule has 1 aromatic rings. The van der Waals surface area contributed by atoms with Crippen molar-refractivity contribution in [2.75, 3.05) is 18.4 Å². The molecular weight excluding hydrogens is 249 g/mol. The summed E-state index contributed by atoms with van der Waals surface area (Å²) < 4.78 is 0. The minimum Gasteiger partial charge on any atom is -0.307 e. The van der Waals surface area contributed by atoms with Gasteiger partial charge in [-0.1, -0.05) is 23.2 Å². The summed E-state index contributed by atoms with van der Waals surface area (Å²) in [6, 6.07) is 4.71. The van der Waals surface area contributed by atoms with E-state index in [0.29, 0.717) is 28.8 Å². The van der Waals surface area contributed by atoms with Gasteiger partial charge >= 0.3 is 6.03 Å². The van der Waals surface area contributed by atoms with E-state index in [1.54, 1.807) is 18.2 Å². The van der Waals surface area contributed by atoms with Gasteiger partial charge < -0.3 is 5.32 Å². The van der Waals surface area contributed by atoms with Crippen molar-refractivity contribution in [2.24, 2.45) is 4.99 Å². The zero-order chi connectivity index (χ0) is 11.5. The second-order valence-corrected chi connectivity index (χ2v) is 4.09. The number of carbonyl (C=O) groups is 1. The molecule has 0 aromatic heterocycles. The first kappa shape index (κ1) is 11.2. The number of aliphatic imine (C=N–C) groups is 1. The average Bonchev–Trinajstić information content (AvgIpc) is 2.77. The summed E-state index contributed by atoms with van der Waals surface area (Å²) in [5.41, 5.74) is 0.611. The van der Waals surface area contributed by atoms with Gasteiger partial charge in [0.2, 0.25) is 0 Å². The lowest BCUT2D eigenvalue weighted by Crippen LogP contribution is -2.32. The SMILES string of the molecule is O=C(Nc1ccc(Cl)c(Cl)c1)N1C=NCC1. The van der Waals surface area contributed by atoms with Crippen LogP contribution < -0.4 is 5.32 Å². The van der Waals surface area contributed by atoms with Gasteiger partial charge in [-0.05, 0) is 18.2 Å². The van der Waals surface area contributed by atoms with Crippen molar-refractivity contribution in [2.45, 2.75) is 0 Å². The molecule has 0 spiro atoms. The summed E-state index contributed by atoms with van der Waals surface area (Å²) in [4.78, 5) is 17.1. The van der Waals surface area contributed by atoms with Gasteiger partial charge in [-0.15, -0.1) is 0 Å². The number of nitrogens with one attached hydrogen (secondary N) is 1. The molecule has 0 radical (unpaired) electrons. The van der Waals surface area contributed by atoms with Crippen molar-refractivity contribution in [3.8, 4) is 0 Å². The monoisotopic (exact) mass is 257 g/mol. The number of rotatable bonds is 1. The van der Waals surface area contributed by atoms with Gasteiger partial charge in [0, 0.05) is 12.2 Å². The fraction of sp³-hybridized carbons (Fsp3) is 0.200. The highest BCUT2D eigenvalue weighted by atomic mass is 35.5. The Kier molecular flexibility index (Phi) is 3.31. The third-order valence-electron chi connectivity index (χ3n) is 2.12. The van der Waals surface area contributed by atoms with Gasteiger partial charge in [0.15, 0.2) is 0 Å². The molecule has 1 aromatic carbocycles. The van der Waals surface area contributed by atoms with Crippen molar-refractivity contribution < 1.29 is 4.79 Å². The number of carbonyl (C=O) groups excluding carboxylic acids is 1. The summed E-state index contributed by atoms with van der Waals surface area (Å²) in [5, 5.41) is 3.58. The van der Waals surface area contributed by atoms with Crippen LogP contribution in [0.15, 0.2) is 23.2 Å². The van der Waals surface area contributed by atoms with Gasteiger partial charge in [0.25, 0.3) is 0 Å². The quantitative estimate of drug-likeness (QED) is 0.827. The molecule has 0 fully saturated rings. The van der Waals surface area contributed by atoms with Crippen LogP contribution in [0.3, 0.4) is 0 Å². The normalized spacial score (nSPS) is 14.2. The van der Waals surface area contributed by atoms with Crippen LogP contribution in [-0.2, 0) is 0 Å². The number of amides is 2. The number of hydrogen-bond acceptors (Lipinski definition) is 2. The van der Waals surface area contributed by atoms with Crippen molar-refractivity contribution in [3.05, 3.63) is 28.2 Å². The van der Waals surface area contributed by atoms with Gasteiger partial charge in [-0.25, -0.2) is 4.79 Å². The van der Waals surface area contributed by atoms with E-state index in [0.717, 1.165) is 0 Å². The van der Waals surface area contributed by atoms with E-state index in [2.05, 4.69) is 10.3 Å². The molecule has 1 N–H and O–H groups in total. The van der Waals surface area contributed by atoms with E-state index in [1.807, 2.05) is 0 Å². The summed E-state index contributed by atoms with van der Waals surface area (Å²) in [5.74, 6) is 0. The Morgan fingerprint density at radius 2 is 2.19 bits per heavy atom. The summed E-state index contributed by atoms with van der Waals surface area (Å²) in [7, 11) is 0. The number of hydrogen-bond donors (Lipinski definition) is 1. The zero-order valence-electron chi connectivity index (χ0n) is 8.28. The van der Waals surface area contributed by atoms with Crippen LogP contribution in [0.5, 0.6) is 0 Å². The second-order valence-electron chi connectivity index (χ2n) is 3.27. The molecule has 0 atom stereocenters. The Morgan fingerprint density at radius 1 is 1.38 bits per heavy atom. The van der Waals surface area contributed by atoms with Crippen LogP contribution >= 0.6 is 23.2 Å². The predicted molar refractivity (Wildman–Crippen MR) is 65.5 cm³/mol. The molecule has 2 amide bonds. The standard InChI is InChI=1S/C10H9Cl2N3O/c11-8-2-1-7(5-9(8)12)14-10(16)15-4-3-13-6-15/h1-2,5-6H,3-4H2,(H,14,16). The molecule has 1 aliphatic rings. The Morgan fingerprint density at radius 3 is 2.81 bits per heavy atom. The molecule has 16 heavy (non-hydrogen) atoms. The maximum atomic E-state index is 11.7. The minimum atomic E-state index is -0.223. The van der Waals surface area contributed by atoms with Crippen LogP contribution in [0.4, 0.5) is 10.5 Å². The number of benzene rings is 1. The average molecular weight is 258 g/mol. The van der Waals surface area contributed by atoms with Crippen LogP contribution in [-0.4, -0.2) is 30.4 Å². The van der Waals surface area contributed by atoms with E-state index >= 15 is 0 Å². The topological polar surface area (TPSA) is 44.7 Å². The number of halogens is 2. The molecule has 0 saturated carbocycles. The molecule has 2 rings (SSSR count). The maximum Gasteiger partial charge on any atom is 0.327 e. The molecule has 6 heteroatoms. The first-order valence-electron chi connectivity index (χ1n) is 4.69. The van der Waals surface area contributed by atoms with E-state index in [9.17, 15) is 4.79 Å². The Labute approximate surface area is 103 Å². The zero-order valence-corrected chi connectivity index (χ0v) is 9.79. The highest BCUT2D eigenvalue weighted by Crippen LogP contribution is 2.25. The molecule has 1 aliphatic heterocycles. The van der Waals surface area contributed by atoms with E-state index in [4.69, 9.17) is 23.2 Å². The Bertz CT molecular complexity index is 448. The molecule has 0 unspecified atom stereocenters. The van der Waals surface area contributed by atoms with Crippen molar-refractivity contribution in [3.63, 3.8) is 0 Å². The largest absolute Gasteiger partial charge is 0.327 e. The lowest BCUT2D eigenvalue weighted by Gasteiger charge is -2.13. The lowest BCUT2D eigenvalue weighted by molar-refractivity contribution is 0.237. The van der Waals surface area contributed by atoms with E-state index in [-0.39, 0.29) is 6.03 Å². The Hall–Kier alpha value is -1.26. The van der Waals surface area contributed by atoms with Crippen LogP contribution in [0.25, 0.3) is 0 Å². The van der Waals surface area contributed by atoms with Gasteiger partial charge in [0.1, 0.15) is 0 Å². The highest BCUT2D eigenvalue weighted by molar-refractivity contribution is 6.42. The van der Waals surface area contributed by atoms with Gasteiger partial charge in [-0.2, -0.15) is 0 Å². The van der Waals surface area contributed by atoms with Gasteiger partial charge in [0.05, 0.1) is 22.9 Å². The third kappa shape index (κ3) is 2.46. The van der Waals surface area contributed by atoms with Gasteiger partial charge in [-0.3, -0.25) is 9.89 Å². The first-order chi connectivity index (χ1) is 7.66. The first-order valence-corrected chi connectivity index (χ1v) is 5.45. The van der Waals surface area contributed by atoms with E-state index < -0.39 is 0 Å². The molecular formula is C10H9Cl2N3O. The summed E-state index contributed by atoms with van der Waals surface area (Å²) >= 11 is 11.6. The second kappa shape index (κ2) is 4.72. The summed E-state index contributed by atoms with van der Waals surface area (Å²) in [6.45, 7) is 1.25. The molecule has 1 heterocycles. The Balaban J connectivity index is 2.05. The van der Waals surface area contributed by atoms with Crippen LogP contribution in [0.1, 0.15) is 0 Å². The molecule has 0 bridgehead atoms. The van der Waals surface area contributed by atoms with Crippen LogP contribution in [0.2, 0.25) is 10.0 Å². The lowest BCUT2D eigenvalue weighted by atomic mass is 10.3. The minimum absolute atomic E-state index is 0.223. The van der Waals surface area contributed by atoms with Crippen molar-refractivity contribution in [1.29, 1.82) is 0 Å². The fourth-order valence-corrected chi connectivity index (χ4v) is 1.60. The number of nitrogens with zero attached hydrogens (tertiary/aromatic N) is 2. The van der Waals surface area contributed by atoms with Crippen molar-refractivity contribution in [1.82, 2.24) is 4.90 Å².